The van der Waals surface area contributed by atoms with Gasteiger partial charge in [-0.05, 0) is 17.7 Å². The Morgan fingerprint density at radius 1 is 1.33 bits per heavy atom. The van der Waals surface area contributed by atoms with Crippen molar-refractivity contribution in [3.05, 3.63) is 54.1 Å². The molecule has 7 nitrogen and oxygen atoms in total. The SMILES string of the molecule is COC(=O)c1c(N)c(C#N)cn1-c1cccc(-c2cnn(C)c2)c1. The first kappa shape index (κ1) is 15.4. The Morgan fingerprint density at radius 3 is 2.75 bits per heavy atom. The molecular weight excluding hydrogens is 306 g/mol. The largest absolute Gasteiger partial charge is 0.464 e. The molecule has 0 saturated carbocycles. The van der Waals surface area contributed by atoms with Crippen LogP contribution in [0.2, 0.25) is 0 Å². The topological polar surface area (TPSA) is 98.9 Å². The van der Waals surface area contributed by atoms with E-state index in [9.17, 15) is 10.1 Å². The fourth-order valence-corrected chi connectivity index (χ4v) is 2.52. The lowest BCUT2D eigenvalue weighted by atomic mass is 10.1. The lowest BCUT2D eigenvalue weighted by molar-refractivity contribution is 0.0593. The van der Waals surface area contributed by atoms with E-state index in [0.717, 1.165) is 11.1 Å². The first-order chi connectivity index (χ1) is 11.5. The van der Waals surface area contributed by atoms with E-state index >= 15 is 0 Å². The van der Waals surface area contributed by atoms with Crippen LogP contribution in [0.25, 0.3) is 16.8 Å². The number of hydrogen-bond donors (Lipinski definition) is 1. The van der Waals surface area contributed by atoms with Crippen molar-refractivity contribution >= 4 is 11.7 Å². The molecule has 0 unspecified atom stereocenters. The Hall–Kier alpha value is -3.53. The second kappa shape index (κ2) is 5.93. The molecule has 0 amide bonds. The molecule has 0 aliphatic rings. The second-order valence-corrected chi connectivity index (χ2v) is 5.23. The molecule has 2 aromatic heterocycles. The third kappa shape index (κ3) is 2.50. The Kier molecular flexibility index (Phi) is 3.80. The van der Waals surface area contributed by atoms with E-state index in [4.69, 9.17) is 10.5 Å². The number of nitrogens with zero attached hydrogens (tertiary/aromatic N) is 4. The van der Waals surface area contributed by atoms with Crippen LogP contribution in [0.1, 0.15) is 16.1 Å². The van der Waals surface area contributed by atoms with E-state index in [1.54, 1.807) is 15.4 Å². The van der Waals surface area contributed by atoms with Crippen molar-refractivity contribution in [3.63, 3.8) is 0 Å². The highest BCUT2D eigenvalue weighted by atomic mass is 16.5. The minimum Gasteiger partial charge on any atom is -0.464 e. The Morgan fingerprint density at radius 2 is 2.12 bits per heavy atom. The summed E-state index contributed by atoms with van der Waals surface area (Å²) < 4.78 is 8.07. The molecule has 24 heavy (non-hydrogen) atoms. The predicted octanol–water partition coefficient (Wildman–Crippen LogP) is 2.12. The molecule has 7 heteroatoms. The van der Waals surface area contributed by atoms with Crippen LogP contribution in [0.5, 0.6) is 0 Å². The van der Waals surface area contributed by atoms with Gasteiger partial charge in [0.15, 0.2) is 5.69 Å². The van der Waals surface area contributed by atoms with Crippen LogP contribution in [-0.4, -0.2) is 27.4 Å². The zero-order chi connectivity index (χ0) is 17.3. The van der Waals surface area contributed by atoms with E-state index in [0.29, 0.717) is 5.69 Å². The Bertz CT molecular complexity index is 962. The number of aryl methyl sites for hydroxylation is 1. The van der Waals surface area contributed by atoms with Crippen molar-refractivity contribution in [2.75, 3.05) is 12.8 Å². The summed E-state index contributed by atoms with van der Waals surface area (Å²) in [5, 5.41) is 13.3. The van der Waals surface area contributed by atoms with Crippen molar-refractivity contribution in [1.29, 1.82) is 5.26 Å². The molecule has 0 saturated heterocycles. The number of methoxy groups -OCH3 is 1. The third-order valence-corrected chi connectivity index (χ3v) is 3.71. The van der Waals surface area contributed by atoms with Crippen molar-refractivity contribution in [1.82, 2.24) is 14.3 Å². The average molecular weight is 321 g/mol. The van der Waals surface area contributed by atoms with Gasteiger partial charge < -0.3 is 15.0 Å². The van der Waals surface area contributed by atoms with Gasteiger partial charge in [-0.2, -0.15) is 10.4 Å². The number of hydrogen-bond acceptors (Lipinski definition) is 5. The highest BCUT2D eigenvalue weighted by Gasteiger charge is 2.21. The number of ether oxygens (including phenoxy) is 1. The summed E-state index contributed by atoms with van der Waals surface area (Å²) in [4.78, 5) is 12.1. The van der Waals surface area contributed by atoms with Crippen LogP contribution in [0.3, 0.4) is 0 Å². The summed E-state index contributed by atoms with van der Waals surface area (Å²) >= 11 is 0. The summed E-state index contributed by atoms with van der Waals surface area (Å²) in [6.07, 6.45) is 5.18. The van der Waals surface area contributed by atoms with Crippen LogP contribution in [-0.2, 0) is 11.8 Å². The van der Waals surface area contributed by atoms with E-state index < -0.39 is 5.97 Å². The molecule has 0 aliphatic heterocycles. The van der Waals surface area contributed by atoms with Crippen molar-refractivity contribution in [2.24, 2.45) is 7.05 Å². The van der Waals surface area contributed by atoms with Crippen LogP contribution in [0.15, 0.2) is 42.9 Å². The monoisotopic (exact) mass is 321 g/mol. The van der Waals surface area contributed by atoms with Crippen LogP contribution < -0.4 is 5.73 Å². The van der Waals surface area contributed by atoms with Gasteiger partial charge in [0.25, 0.3) is 0 Å². The highest BCUT2D eigenvalue weighted by Crippen LogP contribution is 2.27. The molecule has 0 spiro atoms. The number of carbonyl (C=O) groups is 1. The number of esters is 1. The van der Waals surface area contributed by atoms with Gasteiger partial charge >= 0.3 is 5.97 Å². The molecule has 0 aliphatic carbocycles. The van der Waals surface area contributed by atoms with E-state index in [2.05, 4.69) is 5.10 Å². The molecule has 120 valence electrons. The Labute approximate surface area is 138 Å². The van der Waals surface area contributed by atoms with Gasteiger partial charge in [0.05, 0.1) is 24.6 Å². The number of benzene rings is 1. The minimum atomic E-state index is -0.596. The zero-order valence-corrected chi connectivity index (χ0v) is 13.2. The lowest BCUT2D eigenvalue weighted by Crippen LogP contribution is -2.11. The first-order valence-corrected chi connectivity index (χ1v) is 7.14. The zero-order valence-electron chi connectivity index (χ0n) is 13.2. The summed E-state index contributed by atoms with van der Waals surface area (Å²) in [5.74, 6) is -0.596. The van der Waals surface area contributed by atoms with Gasteiger partial charge in [-0.15, -0.1) is 0 Å². The van der Waals surface area contributed by atoms with Crippen LogP contribution in [0, 0.1) is 11.3 Å². The molecule has 2 N–H and O–H groups in total. The van der Waals surface area contributed by atoms with Crippen LogP contribution in [0.4, 0.5) is 5.69 Å². The molecular formula is C17H15N5O2. The minimum absolute atomic E-state index is 0.108. The predicted molar refractivity (Wildman–Crippen MR) is 88.4 cm³/mol. The quantitative estimate of drug-likeness (QED) is 0.745. The second-order valence-electron chi connectivity index (χ2n) is 5.23. The summed E-state index contributed by atoms with van der Waals surface area (Å²) in [5.41, 5.74) is 8.97. The summed E-state index contributed by atoms with van der Waals surface area (Å²) in [6.45, 7) is 0. The normalized spacial score (nSPS) is 10.4. The average Bonchev–Trinajstić information content (AvgIpc) is 3.17. The molecule has 0 fully saturated rings. The number of rotatable bonds is 3. The van der Waals surface area contributed by atoms with Gasteiger partial charge in [0.2, 0.25) is 0 Å². The van der Waals surface area contributed by atoms with Gasteiger partial charge in [-0.1, -0.05) is 12.1 Å². The van der Waals surface area contributed by atoms with Gasteiger partial charge in [0.1, 0.15) is 6.07 Å². The van der Waals surface area contributed by atoms with Crippen molar-refractivity contribution in [3.8, 4) is 22.9 Å². The first-order valence-electron chi connectivity index (χ1n) is 7.14. The molecule has 0 radical (unpaired) electrons. The standard InChI is InChI=1S/C17H15N5O2/c1-21-9-13(8-20-21)11-4-3-5-14(6-11)22-10-12(7-18)15(19)16(22)17(23)24-2/h3-6,8-10H,19H2,1-2H3. The molecule has 3 aromatic rings. The molecule has 0 atom stereocenters. The maximum Gasteiger partial charge on any atom is 0.357 e. The number of anilines is 1. The highest BCUT2D eigenvalue weighted by molar-refractivity contribution is 5.96. The van der Waals surface area contributed by atoms with E-state index in [-0.39, 0.29) is 16.9 Å². The number of nitrogens with two attached hydrogens (primary N) is 1. The summed E-state index contributed by atoms with van der Waals surface area (Å²) in [7, 11) is 3.12. The van der Waals surface area contributed by atoms with Crippen LogP contribution >= 0.6 is 0 Å². The van der Waals surface area contributed by atoms with Gasteiger partial charge in [0, 0.05) is 30.7 Å². The Balaban J connectivity index is 2.16. The smallest absolute Gasteiger partial charge is 0.357 e. The van der Waals surface area contributed by atoms with Crippen molar-refractivity contribution < 1.29 is 9.53 Å². The molecule has 1 aromatic carbocycles. The fourth-order valence-electron chi connectivity index (χ4n) is 2.52. The van der Waals surface area contributed by atoms with Crippen molar-refractivity contribution in [2.45, 2.75) is 0 Å². The van der Waals surface area contributed by atoms with E-state index in [1.807, 2.05) is 43.6 Å². The number of carbonyl (C=O) groups excluding carboxylic acids is 1. The van der Waals surface area contributed by atoms with Gasteiger partial charge in [-0.25, -0.2) is 4.79 Å². The molecule has 2 heterocycles. The fraction of sp³-hybridized carbons (Fsp3) is 0.118. The third-order valence-electron chi connectivity index (χ3n) is 3.71. The maximum absolute atomic E-state index is 12.1. The number of nitriles is 1. The number of nitrogen functional groups attached to an aromatic ring is 1. The van der Waals surface area contributed by atoms with Gasteiger partial charge in [-0.3, -0.25) is 4.68 Å². The number of aromatic nitrogens is 3. The lowest BCUT2D eigenvalue weighted by Gasteiger charge is -2.09. The maximum atomic E-state index is 12.1. The molecule has 0 bridgehead atoms. The molecule has 3 rings (SSSR count). The summed E-state index contributed by atoms with van der Waals surface area (Å²) in [6, 6.07) is 9.51. The van der Waals surface area contributed by atoms with E-state index in [1.165, 1.54) is 13.3 Å².